The van der Waals surface area contributed by atoms with Crippen LogP contribution in [0.1, 0.15) is 40.6 Å². The highest BCUT2D eigenvalue weighted by Crippen LogP contribution is 2.37. The summed E-state index contributed by atoms with van der Waals surface area (Å²) in [6.07, 6.45) is 0.592. The number of hydrogen-bond donors (Lipinski definition) is 1. The molecule has 0 saturated carbocycles. The lowest BCUT2D eigenvalue weighted by molar-refractivity contribution is -0.140. The van der Waals surface area contributed by atoms with E-state index in [2.05, 4.69) is 10.4 Å². The summed E-state index contributed by atoms with van der Waals surface area (Å²) in [4.78, 5) is 41.0. The molecule has 1 saturated heterocycles. The molecule has 0 aliphatic carbocycles. The molecule has 1 N–H and O–H groups in total. The van der Waals surface area contributed by atoms with Crippen LogP contribution in [-0.2, 0) is 16.6 Å². The molecule has 2 atom stereocenters. The molecule has 0 spiro atoms. The van der Waals surface area contributed by atoms with Gasteiger partial charge in [0.2, 0.25) is 11.8 Å². The first-order chi connectivity index (χ1) is 14.1. The van der Waals surface area contributed by atoms with E-state index in [1.807, 2.05) is 0 Å². The summed E-state index contributed by atoms with van der Waals surface area (Å²) in [7, 11) is 6.58. The molecular weight excluding hydrogens is 389 g/mol. The first-order valence-electron chi connectivity index (χ1n) is 9.69. The first kappa shape index (κ1) is 21.5. The van der Waals surface area contributed by atoms with Gasteiger partial charge in [-0.1, -0.05) is 12.1 Å². The van der Waals surface area contributed by atoms with Crippen LogP contribution in [-0.4, -0.2) is 58.4 Å². The van der Waals surface area contributed by atoms with E-state index in [1.165, 1.54) is 21.9 Å². The monoisotopic (exact) mass is 415 g/mol. The fourth-order valence-corrected chi connectivity index (χ4v) is 3.76. The third-order valence-corrected chi connectivity index (χ3v) is 5.60. The van der Waals surface area contributed by atoms with Gasteiger partial charge < -0.3 is 15.1 Å². The van der Waals surface area contributed by atoms with Crippen molar-refractivity contribution in [3.63, 3.8) is 0 Å². The number of carbonyl (C=O) groups is 3. The number of amides is 3. The van der Waals surface area contributed by atoms with E-state index in [0.717, 1.165) is 0 Å². The predicted molar refractivity (Wildman–Crippen MR) is 109 cm³/mol. The van der Waals surface area contributed by atoms with Gasteiger partial charge in [0.25, 0.3) is 5.91 Å². The standard InChI is InChI=1S/C21H26FN5O3/c1-12-17(18(24-27(12)5)21(30)25(2)3)23-20(29)15-10-11-16(28)26(4)19(15)13-6-8-14(22)9-7-13/h6-9,15,19H,10-11H2,1-5H3,(H,23,29). The van der Waals surface area contributed by atoms with Gasteiger partial charge in [-0.15, -0.1) is 0 Å². The van der Waals surface area contributed by atoms with Crippen molar-refractivity contribution in [1.82, 2.24) is 19.6 Å². The Morgan fingerprint density at radius 2 is 1.83 bits per heavy atom. The molecule has 160 valence electrons. The van der Waals surface area contributed by atoms with E-state index in [1.54, 1.807) is 51.9 Å². The van der Waals surface area contributed by atoms with Gasteiger partial charge in [0, 0.05) is 34.6 Å². The molecule has 2 unspecified atom stereocenters. The number of piperidine rings is 1. The summed E-state index contributed by atoms with van der Waals surface area (Å²) in [5, 5.41) is 7.12. The summed E-state index contributed by atoms with van der Waals surface area (Å²) in [6, 6.07) is 5.28. The SMILES string of the molecule is Cc1c(NC(=O)C2CCC(=O)N(C)C2c2ccc(F)cc2)c(C(=O)N(C)C)nn1C. The fraction of sp³-hybridized carbons (Fsp3) is 0.429. The molecule has 1 aromatic carbocycles. The number of benzene rings is 1. The van der Waals surface area contributed by atoms with E-state index < -0.39 is 12.0 Å². The highest BCUT2D eigenvalue weighted by atomic mass is 19.1. The lowest BCUT2D eigenvalue weighted by Crippen LogP contribution is -2.44. The van der Waals surface area contributed by atoms with Crippen LogP contribution in [0.25, 0.3) is 0 Å². The quantitative estimate of drug-likeness (QED) is 0.829. The summed E-state index contributed by atoms with van der Waals surface area (Å²) >= 11 is 0. The minimum absolute atomic E-state index is 0.0746. The Balaban J connectivity index is 1.94. The number of nitrogens with one attached hydrogen (secondary N) is 1. The van der Waals surface area contributed by atoms with E-state index >= 15 is 0 Å². The van der Waals surface area contributed by atoms with Crippen LogP contribution in [0, 0.1) is 18.7 Å². The number of halogens is 1. The van der Waals surface area contributed by atoms with Crippen LogP contribution in [0.2, 0.25) is 0 Å². The maximum absolute atomic E-state index is 13.4. The van der Waals surface area contributed by atoms with E-state index in [0.29, 0.717) is 23.4 Å². The molecule has 1 aliphatic heterocycles. The van der Waals surface area contributed by atoms with Crippen LogP contribution in [0.15, 0.2) is 24.3 Å². The summed E-state index contributed by atoms with van der Waals surface area (Å²) in [5.41, 5.74) is 1.84. The molecule has 1 aliphatic rings. The number of anilines is 1. The largest absolute Gasteiger partial charge is 0.343 e. The molecule has 0 radical (unpaired) electrons. The Bertz CT molecular complexity index is 983. The average Bonchev–Trinajstić information content (AvgIpc) is 2.98. The topological polar surface area (TPSA) is 87.5 Å². The molecule has 3 rings (SSSR count). The van der Waals surface area contributed by atoms with E-state index in [4.69, 9.17) is 0 Å². The maximum atomic E-state index is 13.4. The van der Waals surface area contributed by atoms with Gasteiger partial charge in [0.15, 0.2) is 5.69 Å². The third-order valence-electron chi connectivity index (χ3n) is 5.60. The van der Waals surface area contributed by atoms with Crippen molar-refractivity contribution in [3.05, 3.63) is 47.0 Å². The van der Waals surface area contributed by atoms with Crippen LogP contribution < -0.4 is 5.32 Å². The Morgan fingerprint density at radius 1 is 1.20 bits per heavy atom. The van der Waals surface area contributed by atoms with Crippen LogP contribution in [0.4, 0.5) is 10.1 Å². The molecule has 8 nitrogen and oxygen atoms in total. The second-order valence-electron chi connectivity index (χ2n) is 7.77. The van der Waals surface area contributed by atoms with Crippen molar-refractivity contribution < 1.29 is 18.8 Å². The molecule has 1 aromatic heterocycles. The smallest absolute Gasteiger partial charge is 0.276 e. The molecule has 30 heavy (non-hydrogen) atoms. The maximum Gasteiger partial charge on any atom is 0.276 e. The molecule has 9 heteroatoms. The van der Waals surface area contributed by atoms with Crippen LogP contribution in [0.5, 0.6) is 0 Å². The average molecular weight is 415 g/mol. The lowest BCUT2D eigenvalue weighted by Gasteiger charge is -2.38. The molecular formula is C21H26FN5O3. The zero-order valence-electron chi connectivity index (χ0n) is 17.8. The van der Waals surface area contributed by atoms with Crippen molar-refractivity contribution in [2.24, 2.45) is 13.0 Å². The summed E-state index contributed by atoms with van der Waals surface area (Å²) in [5.74, 6) is -1.65. The number of nitrogens with zero attached hydrogens (tertiary/aromatic N) is 4. The van der Waals surface area contributed by atoms with E-state index in [9.17, 15) is 18.8 Å². The fourth-order valence-electron chi connectivity index (χ4n) is 3.76. The number of hydrogen-bond acceptors (Lipinski definition) is 4. The van der Waals surface area contributed by atoms with Crippen molar-refractivity contribution in [2.75, 3.05) is 26.5 Å². The second-order valence-corrected chi connectivity index (χ2v) is 7.77. The van der Waals surface area contributed by atoms with Gasteiger partial charge in [0.1, 0.15) is 5.82 Å². The normalized spacial score (nSPS) is 19.0. The van der Waals surface area contributed by atoms with Crippen LogP contribution in [0.3, 0.4) is 0 Å². The molecule has 2 aromatic rings. The zero-order chi connectivity index (χ0) is 22.2. The number of rotatable bonds is 4. The highest BCUT2D eigenvalue weighted by molar-refractivity contribution is 6.03. The van der Waals surface area contributed by atoms with Gasteiger partial charge in [-0.05, 0) is 31.0 Å². The van der Waals surface area contributed by atoms with Gasteiger partial charge in [-0.25, -0.2) is 4.39 Å². The third kappa shape index (κ3) is 3.92. The van der Waals surface area contributed by atoms with Crippen LogP contribution >= 0.6 is 0 Å². The van der Waals surface area contributed by atoms with Gasteiger partial charge in [0.05, 0.1) is 23.3 Å². The Hall–Kier alpha value is -3.23. The Labute approximate surface area is 174 Å². The number of carbonyl (C=O) groups excluding carboxylic acids is 3. The molecule has 0 bridgehead atoms. The molecule has 2 heterocycles. The van der Waals surface area contributed by atoms with Gasteiger partial charge in [-0.3, -0.25) is 19.1 Å². The van der Waals surface area contributed by atoms with Crippen molar-refractivity contribution in [3.8, 4) is 0 Å². The first-order valence-corrected chi connectivity index (χ1v) is 9.69. The highest BCUT2D eigenvalue weighted by Gasteiger charge is 2.39. The minimum atomic E-state index is -0.555. The lowest BCUT2D eigenvalue weighted by atomic mass is 9.84. The second kappa shape index (κ2) is 8.25. The van der Waals surface area contributed by atoms with Gasteiger partial charge in [-0.2, -0.15) is 5.10 Å². The number of aromatic nitrogens is 2. The van der Waals surface area contributed by atoms with Crippen molar-refractivity contribution in [2.45, 2.75) is 25.8 Å². The zero-order valence-corrected chi connectivity index (χ0v) is 17.8. The summed E-state index contributed by atoms with van der Waals surface area (Å²) < 4.78 is 14.9. The van der Waals surface area contributed by atoms with Crippen molar-refractivity contribution >= 4 is 23.4 Å². The number of aryl methyl sites for hydroxylation is 1. The molecule has 3 amide bonds. The predicted octanol–water partition coefficient (Wildman–Crippen LogP) is 2.12. The molecule has 1 fully saturated rings. The minimum Gasteiger partial charge on any atom is -0.343 e. The summed E-state index contributed by atoms with van der Waals surface area (Å²) in [6.45, 7) is 1.77. The van der Waals surface area contributed by atoms with Gasteiger partial charge >= 0.3 is 0 Å². The Morgan fingerprint density at radius 3 is 2.43 bits per heavy atom. The number of likely N-dealkylation sites (tertiary alicyclic amines) is 1. The van der Waals surface area contributed by atoms with E-state index in [-0.39, 0.29) is 35.7 Å². The van der Waals surface area contributed by atoms with Crippen molar-refractivity contribution in [1.29, 1.82) is 0 Å². The Kier molecular flexibility index (Phi) is 5.91.